The summed E-state index contributed by atoms with van der Waals surface area (Å²) in [5.41, 5.74) is 23.3. The second-order valence-corrected chi connectivity index (χ2v) is 16.8. The lowest BCUT2D eigenvalue weighted by atomic mass is 9.70. The van der Waals surface area contributed by atoms with Gasteiger partial charge < -0.3 is 9.13 Å². The molecule has 1 atom stereocenters. The molecule has 0 saturated heterocycles. The number of hydrogen-bond donors (Lipinski definition) is 0. The smallest absolute Gasteiger partial charge is 0.0726 e. The van der Waals surface area contributed by atoms with E-state index >= 15 is 0 Å². The lowest BCUT2D eigenvalue weighted by Crippen LogP contribution is -2.25. The Morgan fingerprint density at radius 2 is 0.935 bits per heavy atom. The van der Waals surface area contributed by atoms with Crippen LogP contribution in [-0.2, 0) is 5.41 Å². The summed E-state index contributed by atoms with van der Waals surface area (Å²) in [6.07, 6.45) is 2.00. The van der Waals surface area contributed by atoms with Gasteiger partial charge in [-0.05, 0) is 117 Å². The maximum atomic E-state index is 4.24. The van der Waals surface area contributed by atoms with Crippen LogP contribution in [0.2, 0.25) is 0 Å². The van der Waals surface area contributed by atoms with Gasteiger partial charge in [-0.1, -0.05) is 170 Å². The second-order valence-electron chi connectivity index (χ2n) is 16.8. The van der Waals surface area contributed by atoms with E-state index in [1.165, 1.54) is 116 Å². The van der Waals surface area contributed by atoms with E-state index in [2.05, 4.69) is 229 Å². The predicted molar refractivity (Wildman–Crippen MR) is 260 cm³/mol. The van der Waals surface area contributed by atoms with Crippen molar-refractivity contribution in [2.75, 3.05) is 0 Å². The highest BCUT2D eigenvalue weighted by molar-refractivity contribution is 6.12. The Bertz CT molecular complexity index is 3660. The van der Waals surface area contributed by atoms with Crippen LogP contribution >= 0.6 is 0 Å². The van der Waals surface area contributed by atoms with Crippen molar-refractivity contribution in [1.29, 1.82) is 0 Å². The topological polar surface area (TPSA) is 9.86 Å². The number of hydrogen-bond acceptors (Lipinski definition) is 0. The van der Waals surface area contributed by atoms with Crippen LogP contribution in [0.4, 0.5) is 0 Å². The summed E-state index contributed by atoms with van der Waals surface area (Å²) in [6, 6.07) is 76.6. The highest BCUT2D eigenvalue weighted by atomic mass is 15.0. The molecule has 1 unspecified atom stereocenters. The number of fused-ring (bicyclic) bond motifs is 14. The molecule has 2 nitrogen and oxygen atoms in total. The number of para-hydroxylation sites is 2. The summed E-state index contributed by atoms with van der Waals surface area (Å²) < 4.78 is 4.87. The largest absolute Gasteiger partial charge is 0.313 e. The SMILES string of the molecule is C=Cc1c(C)n(-c2ccccc2)c2ccc(-c3ccc4c(c3)c3ccccc3n4-c3cccc4c3-c3ccccc3C43c4ccccc4-c4c(-c5ccccc5)cccc43)cc12. The number of nitrogens with zero attached hydrogens (tertiary/aromatic N) is 2. The third kappa shape index (κ3) is 4.53. The molecule has 0 saturated carbocycles. The van der Waals surface area contributed by atoms with E-state index in [9.17, 15) is 0 Å². The average molecular weight is 789 g/mol. The van der Waals surface area contributed by atoms with Crippen LogP contribution in [0.1, 0.15) is 33.5 Å². The van der Waals surface area contributed by atoms with Gasteiger partial charge in [-0.3, -0.25) is 0 Å². The van der Waals surface area contributed by atoms with Gasteiger partial charge >= 0.3 is 0 Å². The quantitative estimate of drug-likeness (QED) is 0.164. The van der Waals surface area contributed by atoms with Crippen molar-refractivity contribution in [3.63, 3.8) is 0 Å². The van der Waals surface area contributed by atoms with Gasteiger partial charge in [0.1, 0.15) is 0 Å². The van der Waals surface area contributed by atoms with E-state index in [1.54, 1.807) is 0 Å². The molecule has 62 heavy (non-hydrogen) atoms. The molecule has 11 aromatic rings. The van der Waals surface area contributed by atoms with Crippen LogP contribution in [0, 0.1) is 6.92 Å². The van der Waals surface area contributed by atoms with Crippen molar-refractivity contribution in [2.45, 2.75) is 12.3 Å². The normalized spacial score (nSPS) is 14.7. The molecule has 2 heterocycles. The van der Waals surface area contributed by atoms with Crippen LogP contribution in [-0.4, -0.2) is 9.13 Å². The number of aromatic nitrogens is 2. The fraction of sp³-hybridized carbons (Fsp3) is 0.0333. The summed E-state index contributed by atoms with van der Waals surface area (Å²) in [5, 5.41) is 3.69. The van der Waals surface area contributed by atoms with Crippen molar-refractivity contribution < 1.29 is 0 Å². The van der Waals surface area contributed by atoms with Gasteiger partial charge in [-0.15, -0.1) is 0 Å². The Hall–Kier alpha value is -7.94. The van der Waals surface area contributed by atoms with Crippen LogP contribution in [0.25, 0.3) is 94.7 Å². The summed E-state index contributed by atoms with van der Waals surface area (Å²) in [5.74, 6) is 0. The number of rotatable bonds is 5. The molecule has 2 aliphatic carbocycles. The maximum Gasteiger partial charge on any atom is 0.0726 e. The van der Waals surface area contributed by atoms with E-state index in [0.717, 1.165) is 5.69 Å². The number of benzene rings is 9. The van der Waals surface area contributed by atoms with Crippen molar-refractivity contribution >= 4 is 38.8 Å². The Labute approximate surface area is 360 Å². The zero-order chi connectivity index (χ0) is 41.1. The summed E-state index contributed by atoms with van der Waals surface area (Å²) >= 11 is 0. The monoisotopic (exact) mass is 788 g/mol. The van der Waals surface area contributed by atoms with Crippen molar-refractivity contribution in [3.05, 3.63) is 246 Å². The first-order valence-electron chi connectivity index (χ1n) is 21.6. The van der Waals surface area contributed by atoms with E-state index in [1.807, 2.05) is 6.08 Å². The van der Waals surface area contributed by atoms with Gasteiger partial charge in [0.2, 0.25) is 0 Å². The van der Waals surface area contributed by atoms with Crippen molar-refractivity contribution in [3.8, 4) is 55.9 Å². The summed E-state index contributed by atoms with van der Waals surface area (Å²) in [6.45, 7) is 6.43. The van der Waals surface area contributed by atoms with Gasteiger partial charge in [0.05, 0.1) is 27.7 Å². The highest BCUT2D eigenvalue weighted by Gasteiger charge is 2.52. The minimum Gasteiger partial charge on any atom is -0.313 e. The molecule has 290 valence electrons. The minimum absolute atomic E-state index is 0.467. The van der Waals surface area contributed by atoms with Gasteiger partial charge in [0.15, 0.2) is 0 Å². The van der Waals surface area contributed by atoms with E-state index < -0.39 is 5.41 Å². The first-order chi connectivity index (χ1) is 30.7. The fourth-order valence-electron chi connectivity index (χ4n) is 11.5. The third-order valence-corrected chi connectivity index (χ3v) is 13.9. The highest BCUT2D eigenvalue weighted by Crippen LogP contribution is 2.65. The van der Waals surface area contributed by atoms with Gasteiger partial charge in [-0.2, -0.15) is 0 Å². The lowest BCUT2D eigenvalue weighted by molar-refractivity contribution is 0.793. The van der Waals surface area contributed by atoms with E-state index in [4.69, 9.17) is 0 Å². The zero-order valence-corrected chi connectivity index (χ0v) is 34.3. The molecule has 1 spiro atoms. The van der Waals surface area contributed by atoms with Gasteiger partial charge in [0.25, 0.3) is 0 Å². The van der Waals surface area contributed by atoms with Crippen LogP contribution in [0.15, 0.2) is 213 Å². The van der Waals surface area contributed by atoms with E-state index in [-0.39, 0.29) is 0 Å². The van der Waals surface area contributed by atoms with Crippen LogP contribution in [0.3, 0.4) is 0 Å². The molecule has 0 radical (unpaired) electrons. The fourth-order valence-corrected chi connectivity index (χ4v) is 11.5. The molecule has 9 aromatic carbocycles. The molecule has 0 N–H and O–H groups in total. The lowest BCUT2D eigenvalue weighted by Gasteiger charge is -2.30. The first kappa shape index (κ1) is 34.9. The Kier molecular flexibility index (Phi) is 7.33. The molecule has 0 amide bonds. The summed E-state index contributed by atoms with van der Waals surface area (Å²) in [4.78, 5) is 0. The Morgan fingerprint density at radius 1 is 0.403 bits per heavy atom. The van der Waals surface area contributed by atoms with Gasteiger partial charge in [-0.25, -0.2) is 0 Å². The molecule has 0 aliphatic heterocycles. The Balaban J connectivity index is 1.04. The predicted octanol–water partition coefficient (Wildman–Crippen LogP) is 15.4. The van der Waals surface area contributed by atoms with Crippen LogP contribution < -0.4 is 0 Å². The van der Waals surface area contributed by atoms with Crippen molar-refractivity contribution in [2.24, 2.45) is 0 Å². The van der Waals surface area contributed by atoms with Crippen molar-refractivity contribution in [1.82, 2.24) is 9.13 Å². The molecular weight excluding hydrogens is 749 g/mol. The molecule has 2 heteroatoms. The third-order valence-electron chi connectivity index (χ3n) is 13.9. The first-order valence-corrected chi connectivity index (χ1v) is 21.6. The molecule has 0 bridgehead atoms. The molecular formula is C60H40N2. The second kappa shape index (κ2) is 13.0. The molecule has 2 aliphatic rings. The standard InChI is InChI=1S/C60H40N2/c1-3-43-38(2)61(42-20-8-5-9-21-42)55-34-32-40(36-48(43)55)41-33-35-56-49(37-41)45-22-12-15-30-54(45)62(56)57-31-17-29-53-59(57)47-24-11-14-27-51(47)60(53)50-26-13-10-23-46(50)58-44(25-16-28-52(58)60)39-18-6-4-7-19-39/h3-37H,1H2,2H3. The average Bonchev–Trinajstić information content (AvgIpc) is 4.03. The maximum absolute atomic E-state index is 4.24. The van der Waals surface area contributed by atoms with Crippen LogP contribution in [0.5, 0.6) is 0 Å². The van der Waals surface area contributed by atoms with Gasteiger partial charge in [0, 0.05) is 38.7 Å². The molecule has 0 fully saturated rings. The molecule has 2 aromatic heterocycles. The summed E-state index contributed by atoms with van der Waals surface area (Å²) in [7, 11) is 0. The Morgan fingerprint density at radius 3 is 1.66 bits per heavy atom. The van der Waals surface area contributed by atoms with E-state index in [0.29, 0.717) is 0 Å². The minimum atomic E-state index is -0.467. The molecule has 13 rings (SSSR count). The zero-order valence-electron chi connectivity index (χ0n) is 34.3.